The van der Waals surface area contributed by atoms with E-state index >= 15 is 0 Å². The Morgan fingerprint density at radius 2 is 1.74 bits per heavy atom. The first-order valence-electron chi connectivity index (χ1n) is 10.4. The average Bonchev–Trinajstić information content (AvgIpc) is 3.19. The lowest BCUT2D eigenvalue weighted by Gasteiger charge is -2.18. The molecule has 1 fully saturated rings. The van der Waals surface area contributed by atoms with E-state index in [0.29, 0.717) is 6.54 Å². The van der Waals surface area contributed by atoms with Crippen LogP contribution in [0.2, 0.25) is 0 Å². The standard InChI is InChI=1S/C24H28N2O5/c1-4-17-5-9-20(10-6-17)26-15-19(13-22(26)27)24(29)31-16(2)23(28)25-14-18-7-11-21(30-3)12-8-18/h5-12,16,19H,4,13-15H2,1-3H3,(H,25,28)/t16-,19-/m1/s1. The molecule has 1 aliphatic rings. The van der Waals surface area contributed by atoms with Crippen LogP contribution in [0.4, 0.5) is 5.69 Å². The van der Waals surface area contributed by atoms with Gasteiger partial charge in [0.1, 0.15) is 5.75 Å². The molecule has 31 heavy (non-hydrogen) atoms. The highest BCUT2D eigenvalue weighted by atomic mass is 16.5. The number of aryl methyl sites for hydroxylation is 1. The van der Waals surface area contributed by atoms with Gasteiger partial charge in [0.15, 0.2) is 6.10 Å². The molecule has 0 spiro atoms. The van der Waals surface area contributed by atoms with Crippen molar-refractivity contribution in [3.05, 3.63) is 59.7 Å². The third-order valence-electron chi connectivity index (χ3n) is 5.40. The molecule has 1 aliphatic heterocycles. The third kappa shape index (κ3) is 5.63. The van der Waals surface area contributed by atoms with Crippen LogP contribution in [0.3, 0.4) is 0 Å². The van der Waals surface area contributed by atoms with E-state index < -0.39 is 18.0 Å². The van der Waals surface area contributed by atoms with Gasteiger partial charge < -0.3 is 19.7 Å². The number of carbonyl (C=O) groups is 3. The van der Waals surface area contributed by atoms with Crippen molar-refractivity contribution in [3.63, 3.8) is 0 Å². The Bertz CT molecular complexity index is 924. The maximum absolute atomic E-state index is 12.5. The summed E-state index contributed by atoms with van der Waals surface area (Å²) in [5.74, 6) is -0.898. The number of anilines is 1. The zero-order valence-corrected chi connectivity index (χ0v) is 18.1. The first kappa shape index (κ1) is 22.3. The molecule has 3 rings (SSSR count). The summed E-state index contributed by atoms with van der Waals surface area (Å²) in [4.78, 5) is 38.8. The van der Waals surface area contributed by atoms with Crippen LogP contribution in [0.25, 0.3) is 0 Å². The second-order valence-electron chi connectivity index (χ2n) is 7.57. The second kappa shape index (κ2) is 10.1. The predicted molar refractivity (Wildman–Crippen MR) is 117 cm³/mol. The van der Waals surface area contributed by atoms with Crippen LogP contribution in [-0.4, -0.2) is 37.5 Å². The summed E-state index contributed by atoms with van der Waals surface area (Å²) in [5.41, 5.74) is 2.85. The number of amides is 2. The van der Waals surface area contributed by atoms with Gasteiger partial charge in [-0.05, 0) is 48.7 Å². The zero-order valence-electron chi connectivity index (χ0n) is 18.1. The van der Waals surface area contributed by atoms with Crippen molar-refractivity contribution in [3.8, 4) is 5.75 Å². The van der Waals surface area contributed by atoms with Crippen LogP contribution in [0.1, 0.15) is 31.4 Å². The molecular weight excluding hydrogens is 396 g/mol. The number of hydrogen-bond donors (Lipinski definition) is 1. The number of ether oxygens (including phenoxy) is 2. The number of nitrogens with one attached hydrogen (secondary N) is 1. The van der Waals surface area contributed by atoms with Gasteiger partial charge in [-0.25, -0.2) is 0 Å². The van der Waals surface area contributed by atoms with Gasteiger partial charge in [-0.15, -0.1) is 0 Å². The Balaban J connectivity index is 1.50. The van der Waals surface area contributed by atoms with E-state index in [4.69, 9.17) is 9.47 Å². The molecule has 2 aromatic carbocycles. The monoisotopic (exact) mass is 424 g/mol. The van der Waals surface area contributed by atoms with E-state index in [1.807, 2.05) is 48.5 Å². The van der Waals surface area contributed by atoms with Crippen molar-refractivity contribution in [1.82, 2.24) is 5.32 Å². The fourth-order valence-corrected chi connectivity index (χ4v) is 3.43. The number of benzene rings is 2. The van der Waals surface area contributed by atoms with Gasteiger partial charge in [-0.1, -0.05) is 31.2 Å². The molecule has 7 nitrogen and oxygen atoms in total. The normalized spacial score (nSPS) is 16.7. The predicted octanol–water partition coefficient (Wildman–Crippen LogP) is 2.86. The summed E-state index contributed by atoms with van der Waals surface area (Å²) in [6, 6.07) is 15.0. The van der Waals surface area contributed by atoms with Gasteiger partial charge >= 0.3 is 5.97 Å². The fourth-order valence-electron chi connectivity index (χ4n) is 3.43. The van der Waals surface area contributed by atoms with Gasteiger partial charge in [-0.3, -0.25) is 14.4 Å². The molecule has 2 aromatic rings. The molecule has 0 radical (unpaired) electrons. The summed E-state index contributed by atoms with van der Waals surface area (Å²) < 4.78 is 10.4. The van der Waals surface area contributed by atoms with E-state index in [9.17, 15) is 14.4 Å². The molecule has 0 bridgehead atoms. The first-order chi connectivity index (χ1) is 14.9. The Morgan fingerprint density at radius 3 is 2.35 bits per heavy atom. The van der Waals surface area contributed by atoms with E-state index in [-0.39, 0.29) is 24.8 Å². The van der Waals surface area contributed by atoms with Crippen LogP contribution >= 0.6 is 0 Å². The van der Waals surface area contributed by atoms with Gasteiger partial charge in [-0.2, -0.15) is 0 Å². The molecule has 0 aromatic heterocycles. The molecule has 1 saturated heterocycles. The van der Waals surface area contributed by atoms with E-state index in [2.05, 4.69) is 12.2 Å². The molecule has 0 saturated carbocycles. The SMILES string of the molecule is CCc1ccc(N2C[C@H](C(=O)O[C@H](C)C(=O)NCc3ccc(OC)cc3)CC2=O)cc1. The summed E-state index contributed by atoms with van der Waals surface area (Å²) in [6.07, 6.45) is 0.0506. The number of rotatable bonds is 8. The lowest BCUT2D eigenvalue weighted by atomic mass is 10.1. The van der Waals surface area contributed by atoms with Gasteiger partial charge in [0, 0.05) is 25.2 Å². The summed E-state index contributed by atoms with van der Waals surface area (Å²) in [6.45, 7) is 4.16. The summed E-state index contributed by atoms with van der Waals surface area (Å²) in [7, 11) is 1.59. The molecule has 0 unspecified atom stereocenters. The molecule has 2 atom stereocenters. The largest absolute Gasteiger partial charge is 0.497 e. The van der Waals surface area contributed by atoms with Gasteiger partial charge in [0.05, 0.1) is 13.0 Å². The maximum atomic E-state index is 12.5. The Labute approximate surface area is 182 Å². The van der Waals surface area contributed by atoms with E-state index in [1.54, 1.807) is 12.0 Å². The van der Waals surface area contributed by atoms with Crippen molar-refractivity contribution >= 4 is 23.5 Å². The van der Waals surface area contributed by atoms with Crippen LogP contribution in [0, 0.1) is 5.92 Å². The highest BCUT2D eigenvalue weighted by Gasteiger charge is 2.37. The smallest absolute Gasteiger partial charge is 0.312 e. The number of esters is 1. The zero-order chi connectivity index (χ0) is 22.4. The quantitative estimate of drug-likeness (QED) is 0.659. The van der Waals surface area contributed by atoms with Crippen molar-refractivity contribution in [1.29, 1.82) is 0 Å². The molecule has 2 amide bonds. The summed E-state index contributed by atoms with van der Waals surface area (Å²) >= 11 is 0. The highest BCUT2D eigenvalue weighted by Crippen LogP contribution is 2.26. The molecule has 1 heterocycles. The number of methoxy groups -OCH3 is 1. The topological polar surface area (TPSA) is 84.9 Å². The maximum Gasteiger partial charge on any atom is 0.312 e. The minimum atomic E-state index is -0.946. The van der Waals surface area contributed by atoms with Crippen molar-refractivity contribution in [2.45, 2.75) is 39.3 Å². The number of hydrogen-bond acceptors (Lipinski definition) is 5. The van der Waals surface area contributed by atoms with Crippen LogP contribution in [-0.2, 0) is 32.1 Å². The van der Waals surface area contributed by atoms with E-state index in [0.717, 1.165) is 23.4 Å². The van der Waals surface area contributed by atoms with Crippen LogP contribution in [0.5, 0.6) is 5.75 Å². The second-order valence-corrected chi connectivity index (χ2v) is 7.57. The van der Waals surface area contributed by atoms with Crippen LogP contribution in [0.15, 0.2) is 48.5 Å². The first-order valence-corrected chi connectivity index (χ1v) is 10.4. The molecule has 1 N–H and O–H groups in total. The third-order valence-corrected chi connectivity index (χ3v) is 5.40. The summed E-state index contributed by atoms with van der Waals surface area (Å²) in [5, 5.41) is 2.75. The fraction of sp³-hybridized carbons (Fsp3) is 0.375. The van der Waals surface area contributed by atoms with Crippen molar-refractivity contribution < 1.29 is 23.9 Å². The van der Waals surface area contributed by atoms with Crippen molar-refractivity contribution in [2.24, 2.45) is 5.92 Å². The lowest BCUT2D eigenvalue weighted by molar-refractivity contribution is -0.158. The van der Waals surface area contributed by atoms with Gasteiger partial charge in [0.2, 0.25) is 5.91 Å². The van der Waals surface area contributed by atoms with Gasteiger partial charge in [0.25, 0.3) is 5.91 Å². The lowest BCUT2D eigenvalue weighted by Crippen LogP contribution is -2.37. The Hall–Kier alpha value is -3.35. The number of carbonyl (C=O) groups excluding carboxylic acids is 3. The van der Waals surface area contributed by atoms with Crippen LogP contribution < -0.4 is 15.0 Å². The van der Waals surface area contributed by atoms with E-state index in [1.165, 1.54) is 12.5 Å². The minimum absolute atomic E-state index is 0.0779. The minimum Gasteiger partial charge on any atom is -0.497 e. The van der Waals surface area contributed by atoms with Crippen molar-refractivity contribution in [2.75, 3.05) is 18.6 Å². The molecule has 7 heteroatoms. The molecular formula is C24H28N2O5. The Morgan fingerprint density at radius 1 is 1.10 bits per heavy atom. The Kier molecular flexibility index (Phi) is 7.28. The molecule has 0 aliphatic carbocycles. The highest BCUT2D eigenvalue weighted by molar-refractivity contribution is 5.99. The average molecular weight is 424 g/mol. The molecule has 164 valence electrons. The number of nitrogens with zero attached hydrogens (tertiary/aromatic N) is 1.